The van der Waals surface area contributed by atoms with Gasteiger partial charge < -0.3 is 10.7 Å². The molecule has 13 heavy (non-hydrogen) atoms. The largest absolute Gasteiger partial charge is 0.368 e. The Morgan fingerprint density at radius 2 is 2.23 bits per heavy atom. The number of hydrogen-bond acceptors (Lipinski definition) is 2. The maximum atomic E-state index is 11.2. The molecule has 1 aromatic rings. The van der Waals surface area contributed by atoms with Gasteiger partial charge in [-0.05, 0) is 5.92 Å². The summed E-state index contributed by atoms with van der Waals surface area (Å²) in [5.41, 5.74) is 4.88. The average Bonchev–Trinajstić information content (AvgIpc) is 2.35. The fourth-order valence-corrected chi connectivity index (χ4v) is 1.34. The van der Waals surface area contributed by atoms with Crippen LogP contribution in [-0.2, 0) is 4.79 Å². The van der Waals surface area contributed by atoms with Crippen LogP contribution in [0.5, 0.6) is 0 Å². The van der Waals surface area contributed by atoms with Crippen molar-refractivity contribution in [1.82, 2.24) is 9.55 Å². The molecule has 0 saturated heterocycles. The van der Waals surface area contributed by atoms with Gasteiger partial charge in [0.05, 0.1) is 0 Å². The third-order valence-electron chi connectivity index (χ3n) is 1.90. The minimum atomic E-state index is -0.571. The molecule has 1 amide bonds. The molecule has 0 bridgehead atoms. The fraction of sp³-hybridized carbons (Fsp3) is 0.500. The van der Waals surface area contributed by atoms with Gasteiger partial charge in [0, 0.05) is 12.4 Å². The van der Waals surface area contributed by atoms with Crippen molar-refractivity contribution in [2.75, 3.05) is 0 Å². The van der Waals surface area contributed by atoms with Crippen LogP contribution < -0.4 is 11.4 Å². The average molecular weight is 183 g/mol. The van der Waals surface area contributed by atoms with Crippen LogP contribution in [0.15, 0.2) is 17.2 Å². The Balaban J connectivity index is 3.10. The van der Waals surface area contributed by atoms with E-state index in [1.54, 1.807) is 0 Å². The number of hydrogen-bond donors (Lipinski definition) is 2. The smallest absolute Gasteiger partial charge is 0.326 e. The number of nitrogens with one attached hydrogen (secondary N) is 1. The molecule has 3 N–H and O–H groups in total. The van der Waals surface area contributed by atoms with Gasteiger partial charge in [0.2, 0.25) is 5.91 Å². The lowest BCUT2D eigenvalue weighted by Gasteiger charge is -2.17. The summed E-state index contributed by atoms with van der Waals surface area (Å²) in [5.74, 6) is -0.484. The van der Waals surface area contributed by atoms with E-state index in [2.05, 4.69) is 4.98 Å². The molecular weight excluding hydrogens is 170 g/mol. The van der Waals surface area contributed by atoms with Crippen LogP contribution in [0.4, 0.5) is 0 Å². The number of rotatable bonds is 3. The first kappa shape index (κ1) is 9.57. The number of carbonyl (C=O) groups excluding carboxylic acids is 1. The van der Waals surface area contributed by atoms with Crippen LogP contribution in [-0.4, -0.2) is 15.5 Å². The van der Waals surface area contributed by atoms with E-state index in [9.17, 15) is 9.59 Å². The summed E-state index contributed by atoms with van der Waals surface area (Å²) < 4.78 is 1.31. The van der Waals surface area contributed by atoms with Gasteiger partial charge in [0.1, 0.15) is 6.04 Å². The highest BCUT2D eigenvalue weighted by molar-refractivity contribution is 5.78. The predicted octanol–water partition coefficient (Wildman–Crippen LogP) is -0.141. The number of nitrogens with two attached hydrogens (primary N) is 1. The Morgan fingerprint density at radius 3 is 2.54 bits per heavy atom. The molecule has 0 aromatic carbocycles. The minimum Gasteiger partial charge on any atom is -0.368 e. The molecule has 1 aromatic heterocycles. The summed E-state index contributed by atoms with van der Waals surface area (Å²) in [6, 6.07) is -0.571. The molecule has 0 saturated carbocycles. The van der Waals surface area contributed by atoms with Gasteiger partial charge in [-0.3, -0.25) is 9.36 Å². The lowest BCUT2D eigenvalue weighted by molar-refractivity contribution is -0.122. The van der Waals surface area contributed by atoms with Gasteiger partial charge in [0.15, 0.2) is 0 Å². The normalized spacial score (nSPS) is 13.2. The van der Waals surface area contributed by atoms with Gasteiger partial charge in [-0.1, -0.05) is 13.8 Å². The number of primary amides is 1. The number of aromatic amines is 1. The SMILES string of the molecule is CC(C)C(C(N)=O)n1cc[nH]c1=O. The lowest BCUT2D eigenvalue weighted by Crippen LogP contribution is -2.35. The quantitative estimate of drug-likeness (QED) is 0.683. The number of carbonyl (C=O) groups is 1. The monoisotopic (exact) mass is 183 g/mol. The summed E-state index contributed by atoms with van der Waals surface area (Å²) in [4.78, 5) is 24.7. The zero-order chi connectivity index (χ0) is 10.0. The third kappa shape index (κ3) is 1.80. The van der Waals surface area contributed by atoms with E-state index in [4.69, 9.17) is 5.73 Å². The molecule has 5 heteroatoms. The highest BCUT2D eigenvalue weighted by atomic mass is 16.2. The van der Waals surface area contributed by atoms with Crippen LogP contribution in [0.2, 0.25) is 0 Å². The van der Waals surface area contributed by atoms with Gasteiger partial charge in [-0.25, -0.2) is 4.79 Å². The van der Waals surface area contributed by atoms with Crippen molar-refractivity contribution in [3.8, 4) is 0 Å². The van der Waals surface area contributed by atoms with Gasteiger partial charge in [-0.15, -0.1) is 0 Å². The van der Waals surface area contributed by atoms with Gasteiger partial charge >= 0.3 is 5.69 Å². The second-order valence-electron chi connectivity index (χ2n) is 3.26. The number of aromatic nitrogens is 2. The molecule has 5 nitrogen and oxygen atoms in total. The van der Waals surface area contributed by atoms with Crippen molar-refractivity contribution in [2.45, 2.75) is 19.9 Å². The molecule has 1 rings (SSSR count). The second kappa shape index (κ2) is 3.47. The van der Waals surface area contributed by atoms with Crippen LogP contribution in [0, 0.1) is 5.92 Å². The van der Waals surface area contributed by atoms with Crippen molar-refractivity contribution in [3.63, 3.8) is 0 Å². The molecule has 1 atom stereocenters. The van der Waals surface area contributed by atoms with Crippen molar-refractivity contribution in [1.29, 1.82) is 0 Å². The van der Waals surface area contributed by atoms with E-state index >= 15 is 0 Å². The summed E-state index contributed by atoms with van der Waals surface area (Å²) in [7, 11) is 0. The molecule has 0 fully saturated rings. The molecular formula is C8H13N3O2. The van der Waals surface area contributed by atoms with E-state index in [-0.39, 0.29) is 11.6 Å². The molecule has 0 radical (unpaired) electrons. The van der Waals surface area contributed by atoms with Crippen LogP contribution in [0.1, 0.15) is 19.9 Å². The maximum Gasteiger partial charge on any atom is 0.326 e. The first-order valence-electron chi connectivity index (χ1n) is 4.09. The van der Waals surface area contributed by atoms with E-state index < -0.39 is 11.9 Å². The zero-order valence-corrected chi connectivity index (χ0v) is 7.65. The number of nitrogens with zero attached hydrogens (tertiary/aromatic N) is 1. The first-order valence-corrected chi connectivity index (χ1v) is 4.09. The third-order valence-corrected chi connectivity index (χ3v) is 1.90. The Kier molecular flexibility index (Phi) is 2.55. The van der Waals surface area contributed by atoms with E-state index in [0.717, 1.165) is 0 Å². The van der Waals surface area contributed by atoms with E-state index in [0.29, 0.717) is 0 Å². The summed E-state index contributed by atoms with van der Waals surface area (Å²) in [5, 5.41) is 0. The molecule has 1 unspecified atom stereocenters. The van der Waals surface area contributed by atoms with Crippen LogP contribution >= 0.6 is 0 Å². The minimum absolute atomic E-state index is 0.00556. The summed E-state index contributed by atoms with van der Waals surface area (Å²) >= 11 is 0. The standard InChI is InChI=1S/C8H13N3O2/c1-5(2)6(7(9)12)11-4-3-10-8(11)13/h3-6H,1-2H3,(H2,9,12)(H,10,13). The second-order valence-corrected chi connectivity index (χ2v) is 3.26. The molecule has 0 spiro atoms. The van der Waals surface area contributed by atoms with Crippen LogP contribution in [0.3, 0.4) is 0 Å². The zero-order valence-electron chi connectivity index (χ0n) is 7.65. The van der Waals surface area contributed by atoms with Crippen molar-refractivity contribution >= 4 is 5.91 Å². The first-order chi connectivity index (χ1) is 6.04. The lowest BCUT2D eigenvalue weighted by atomic mass is 10.0. The highest BCUT2D eigenvalue weighted by Crippen LogP contribution is 2.14. The van der Waals surface area contributed by atoms with Crippen LogP contribution in [0.25, 0.3) is 0 Å². The van der Waals surface area contributed by atoms with Gasteiger partial charge in [-0.2, -0.15) is 0 Å². The van der Waals surface area contributed by atoms with E-state index in [1.807, 2.05) is 13.8 Å². The number of imidazole rings is 1. The summed E-state index contributed by atoms with van der Waals surface area (Å²) in [6.07, 6.45) is 3.01. The fourth-order valence-electron chi connectivity index (χ4n) is 1.34. The van der Waals surface area contributed by atoms with Gasteiger partial charge in [0.25, 0.3) is 0 Å². The Bertz CT molecular complexity index is 350. The topological polar surface area (TPSA) is 80.9 Å². The van der Waals surface area contributed by atoms with Crippen molar-refractivity contribution < 1.29 is 4.79 Å². The maximum absolute atomic E-state index is 11.2. The highest BCUT2D eigenvalue weighted by Gasteiger charge is 2.22. The molecule has 0 aliphatic rings. The molecule has 1 heterocycles. The predicted molar refractivity (Wildman–Crippen MR) is 48.1 cm³/mol. The van der Waals surface area contributed by atoms with Crippen molar-refractivity contribution in [2.24, 2.45) is 11.7 Å². The summed E-state index contributed by atoms with van der Waals surface area (Å²) in [6.45, 7) is 3.68. The van der Waals surface area contributed by atoms with Crippen molar-refractivity contribution in [3.05, 3.63) is 22.9 Å². The molecule has 72 valence electrons. The Labute approximate surface area is 75.6 Å². The Morgan fingerprint density at radius 1 is 1.62 bits per heavy atom. The number of H-pyrrole nitrogens is 1. The molecule has 0 aliphatic heterocycles. The van der Waals surface area contributed by atoms with E-state index in [1.165, 1.54) is 17.0 Å². The molecule has 0 aliphatic carbocycles. The number of amides is 1. The Hall–Kier alpha value is -1.52.